The van der Waals surface area contributed by atoms with Crippen molar-refractivity contribution in [1.82, 2.24) is 15.5 Å². The lowest BCUT2D eigenvalue weighted by Gasteiger charge is -2.41. The summed E-state index contributed by atoms with van der Waals surface area (Å²) in [6.07, 6.45) is 40.3. The molecule has 1 aromatic carbocycles. The largest absolute Gasteiger partial charge is 0.470 e. The number of rotatable bonds is 20. The number of nitrogens with zero attached hydrogens (tertiary/aromatic N) is 1. The van der Waals surface area contributed by atoms with Crippen LogP contribution in [0.5, 0.6) is 0 Å². The zero-order chi connectivity index (χ0) is 56.9. The number of hydrogen-bond donors (Lipinski definition) is 2. The van der Waals surface area contributed by atoms with Crippen molar-refractivity contribution in [3.05, 3.63) is 235 Å². The summed E-state index contributed by atoms with van der Waals surface area (Å²) in [4.78, 5) is 1.78. The third-order valence-corrected chi connectivity index (χ3v) is 14.3. The van der Waals surface area contributed by atoms with Gasteiger partial charge >= 0.3 is 0 Å². The standard InChI is InChI=1S/C68H92BN3O/c1-22-27-29-30-42-69(62-47-52-46-56-57(48-61(52)73-62)68(20,21)41-40-67(56,18)19)58(49-71-59-34-37-66(16,17)39-38-65(14,15)36-33-50(59)6)60(45-51(7)72(44-31-28-23-2)53(25-4)32-24-3)70-43-35-55(64(11,12)13)54(26-5)63(8,9)10/h22-27,29-37,42-49,70-71H,1-5,7,28,38-41H2,6,8-21H3/b29-27-,36-33+,37-34+,42-30+,43-35+,44-31+,53-32+,55-54-,58-49-,59-50+,60-45+/i3D,4D,32D/b24-3?,25-4?,29-27-,36-33+,37-34+,42-30+,43-35+,44-31+,53-32+,55-54-,58-49-,59-50+,60-45+. The predicted octanol–water partition coefficient (Wildman–Crippen LogP) is 18.3. The lowest BCUT2D eigenvalue weighted by atomic mass is 9.41. The second-order valence-corrected chi connectivity index (χ2v) is 24.5. The van der Waals surface area contributed by atoms with Crippen LogP contribution in [-0.4, -0.2) is 11.6 Å². The van der Waals surface area contributed by atoms with E-state index in [1.807, 2.05) is 48.9 Å². The van der Waals surface area contributed by atoms with Crippen LogP contribution in [0, 0.1) is 21.7 Å². The maximum Gasteiger partial charge on any atom is 0.284 e. The molecule has 0 unspecified atom stereocenters. The van der Waals surface area contributed by atoms with E-state index >= 15 is 0 Å². The van der Waals surface area contributed by atoms with Gasteiger partial charge in [0.1, 0.15) is 5.58 Å². The molecule has 2 aromatic rings. The number of allylic oxidation sites excluding steroid dienone is 20. The highest BCUT2D eigenvalue weighted by molar-refractivity contribution is 6.84. The first kappa shape index (κ1) is 54.6. The number of hydrogen-bond acceptors (Lipinski definition) is 4. The van der Waals surface area contributed by atoms with Gasteiger partial charge in [0.15, 0.2) is 0 Å². The van der Waals surface area contributed by atoms with Gasteiger partial charge in [0.25, 0.3) is 6.71 Å². The molecule has 4 rings (SSSR count). The molecule has 0 atom stereocenters. The van der Waals surface area contributed by atoms with E-state index in [4.69, 9.17) is 8.53 Å². The van der Waals surface area contributed by atoms with E-state index in [9.17, 15) is 0 Å². The monoisotopic (exact) mass is 981 g/mol. The van der Waals surface area contributed by atoms with Crippen molar-refractivity contribution < 1.29 is 8.53 Å². The summed E-state index contributed by atoms with van der Waals surface area (Å²) < 4.78 is 32.3. The van der Waals surface area contributed by atoms with Gasteiger partial charge in [0.2, 0.25) is 0 Å². The topological polar surface area (TPSA) is 40.4 Å². The Hall–Kier alpha value is -6.20. The van der Waals surface area contributed by atoms with Gasteiger partial charge in [0, 0.05) is 40.6 Å². The number of nitrogens with one attached hydrogen (secondary N) is 2. The van der Waals surface area contributed by atoms with E-state index in [1.54, 1.807) is 23.1 Å². The highest BCUT2D eigenvalue weighted by Gasteiger charge is 2.38. The van der Waals surface area contributed by atoms with Gasteiger partial charge in [-0.2, -0.15) is 0 Å². The van der Waals surface area contributed by atoms with E-state index < -0.39 is 6.71 Å². The van der Waals surface area contributed by atoms with Crippen molar-refractivity contribution in [2.45, 2.75) is 147 Å². The summed E-state index contributed by atoms with van der Waals surface area (Å²) in [5.41, 5.74) is 10.4. The van der Waals surface area contributed by atoms with Gasteiger partial charge in [0.05, 0.1) is 9.77 Å². The second kappa shape index (κ2) is 24.7. The molecular weight excluding hydrogens is 886 g/mol. The Morgan fingerprint density at radius 3 is 2.04 bits per heavy atom. The zero-order valence-corrected chi connectivity index (χ0v) is 47.7. The third-order valence-electron chi connectivity index (χ3n) is 14.3. The first-order valence-electron chi connectivity index (χ1n) is 27.8. The molecule has 388 valence electrons. The Kier molecular flexibility index (Phi) is 18.5. The second-order valence-electron chi connectivity index (χ2n) is 24.5. The SMILES string of the molecule is [2H]C=C/C([2H])=C(\C=C[2H])N(/C=C/CC=C)C(=C)/C=C(N/C=C/C(=C(\C=C)C(C)(C)C)C(C)(C)C)\C(=C\NC1=C(C)/C=C/C(C)(C)CCC(C)(C)\C=C\1)B(/C=C/C=C\C=C)c1cc2cc3c(cc2o1)C(C)(C)CCC3(C)C. The summed E-state index contributed by atoms with van der Waals surface area (Å²) in [7, 11) is 0. The summed E-state index contributed by atoms with van der Waals surface area (Å²) in [6.45, 7) is 52.7. The minimum absolute atomic E-state index is 0.00219. The minimum atomic E-state index is -0.496. The molecule has 1 heterocycles. The van der Waals surface area contributed by atoms with Crippen molar-refractivity contribution >= 4 is 23.3 Å². The fraction of sp³-hybridized carbons (Fsp3) is 0.382. The van der Waals surface area contributed by atoms with Crippen LogP contribution in [0.15, 0.2) is 229 Å². The van der Waals surface area contributed by atoms with Gasteiger partial charge < -0.3 is 20.0 Å². The van der Waals surface area contributed by atoms with Crippen LogP contribution in [0.4, 0.5) is 0 Å². The normalized spacial score (nSPS) is 21.7. The Morgan fingerprint density at radius 2 is 1.45 bits per heavy atom. The average Bonchev–Trinajstić information content (AvgIpc) is 3.75. The molecule has 0 radical (unpaired) electrons. The van der Waals surface area contributed by atoms with Gasteiger partial charge in [-0.25, -0.2) is 0 Å². The summed E-state index contributed by atoms with van der Waals surface area (Å²) in [6, 6.07) is 6.87. The van der Waals surface area contributed by atoms with Gasteiger partial charge in [-0.15, -0.1) is 12.6 Å². The highest BCUT2D eigenvalue weighted by Crippen LogP contribution is 2.47. The molecule has 0 bridgehead atoms. The minimum Gasteiger partial charge on any atom is -0.470 e. The molecule has 1 aromatic heterocycles. The Labute approximate surface area is 449 Å². The van der Waals surface area contributed by atoms with E-state index in [2.05, 4.69) is 202 Å². The molecule has 2 N–H and O–H groups in total. The summed E-state index contributed by atoms with van der Waals surface area (Å²) in [5, 5.41) is 8.69. The predicted molar refractivity (Wildman–Crippen MR) is 324 cm³/mol. The molecule has 5 heteroatoms. The molecule has 73 heavy (non-hydrogen) atoms. The summed E-state index contributed by atoms with van der Waals surface area (Å²) in [5.74, 6) is 2.16. The Balaban J connectivity index is 2.28. The van der Waals surface area contributed by atoms with Crippen molar-refractivity contribution in [2.24, 2.45) is 21.7 Å². The lowest BCUT2D eigenvalue weighted by Crippen LogP contribution is -2.34. The van der Waals surface area contributed by atoms with E-state index in [0.29, 0.717) is 23.5 Å². The molecule has 0 amide bonds. The molecule has 0 saturated heterocycles. The molecule has 0 fully saturated rings. The molecular formula is C68H92BN3O. The smallest absolute Gasteiger partial charge is 0.284 e. The first-order valence-corrected chi connectivity index (χ1v) is 26.2. The Bertz CT molecular complexity index is 2820. The van der Waals surface area contributed by atoms with Gasteiger partial charge in [-0.05, 0) is 160 Å². The lowest BCUT2D eigenvalue weighted by molar-refractivity contribution is 0.330. The number of benzene rings is 1. The fourth-order valence-corrected chi connectivity index (χ4v) is 9.39. The molecule has 2 aliphatic rings. The quantitative estimate of drug-likeness (QED) is 0.0788. The molecule has 0 spiro atoms. The van der Waals surface area contributed by atoms with Crippen LogP contribution in [0.3, 0.4) is 0 Å². The van der Waals surface area contributed by atoms with Crippen LogP contribution in [0.25, 0.3) is 11.0 Å². The van der Waals surface area contributed by atoms with Gasteiger partial charge in [-0.1, -0.05) is 197 Å². The zero-order valence-electron chi connectivity index (χ0n) is 50.7. The van der Waals surface area contributed by atoms with E-state index in [-0.39, 0.29) is 38.5 Å². The highest BCUT2D eigenvalue weighted by atomic mass is 16.3. The maximum absolute atomic E-state index is 9.06. The molecule has 0 aliphatic heterocycles. The summed E-state index contributed by atoms with van der Waals surface area (Å²) >= 11 is 0. The van der Waals surface area contributed by atoms with E-state index in [0.717, 1.165) is 83.3 Å². The van der Waals surface area contributed by atoms with Crippen LogP contribution >= 0.6 is 0 Å². The maximum atomic E-state index is 9.06. The average molecular weight is 981 g/mol. The van der Waals surface area contributed by atoms with Crippen molar-refractivity contribution in [3.63, 3.8) is 0 Å². The molecule has 0 saturated carbocycles. The van der Waals surface area contributed by atoms with Crippen LogP contribution in [0.1, 0.15) is 151 Å². The first-order chi connectivity index (χ1) is 35.5. The number of furan rings is 1. The molecule has 4 nitrogen and oxygen atoms in total. The molecule has 2 aliphatic carbocycles. The van der Waals surface area contributed by atoms with Gasteiger partial charge in [-0.3, -0.25) is 0 Å². The van der Waals surface area contributed by atoms with Crippen LogP contribution in [-0.2, 0) is 10.8 Å². The van der Waals surface area contributed by atoms with Crippen molar-refractivity contribution in [3.8, 4) is 0 Å². The Morgan fingerprint density at radius 1 is 0.808 bits per heavy atom. The fourth-order valence-electron chi connectivity index (χ4n) is 9.39. The third kappa shape index (κ3) is 16.1. The van der Waals surface area contributed by atoms with Crippen LogP contribution < -0.4 is 16.3 Å². The number of fused-ring (bicyclic) bond motifs is 2. The van der Waals surface area contributed by atoms with Crippen LogP contribution in [0.2, 0.25) is 0 Å². The van der Waals surface area contributed by atoms with E-state index in [1.165, 1.54) is 17.2 Å². The van der Waals surface area contributed by atoms with Crippen molar-refractivity contribution in [2.75, 3.05) is 0 Å². The van der Waals surface area contributed by atoms with Crippen molar-refractivity contribution in [1.29, 1.82) is 0 Å².